The third kappa shape index (κ3) is 52.8. The van der Waals surface area contributed by atoms with Gasteiger partial charge in [-0.25, -0.2) is 0 Å². The molecule has 2 aliphatic rings. The Kier molecular flexibility index (Phi) is 61.1. The molecule has 746 valence electrons. The van der Waals surface area contributed by atoms with E-state index in [0.29, 0.717) is 35.3 Å². The molecule has 0 aromatic heterocycles. The van der Waals surface area contributed by atoms with Crippen molar-refractivity contribution in [2.75, 3.05) is 135 Å². The van der Waals surface area contributed by atoms with Crippen molar-refractivity contribution in [2.45, 2.75) is 338 Å². The van der Waals surface area contributed by atoms with Gasteiger partial charge < -0.3 is 114 Å². The zero-order valence-corrected chi connectivity index (χ0v) is 82.6. The van der Waals surface area contributed by atoms with Crippen LogP contribution < -0.4 is 9.79 Å². The maximum Gasteiger partial charge on any atom is 0.268 e. The number of hydrogen-bond donors (Lipinski definition) is 5. The average molecular weight is 1880 g/mol. The lowest BCUT2D eigenvalue weighted by atomic mass is 9.83. The van der Waals surface area contributed by atoms with E-state index in [4.69, 9.17) is 70.2 Å². The van der Waals surface area contributed by atoms with Crippen LogP contribution in [0.3, 0.4) is 0 Å². The molecule has 5 aromatic rings. The first-order valence-corrected chi connectivity index (χ1v) is 52.4. The Morgan fingerprint density at radius 3 is 0.733 bits per heavy atom. The highest BCUT2D eigenvalue weighted by Gasteiger charge is 2.55. The number of phosphoric ester groups is 2. The predicted octanol–water partition coefficient (Wildman–Crippen LogP) is 17.2. The largest absolute Gasteiger partial charge is 0.756 e. The molecule has 16 atom stereocenters. The van der Waals surface area contributed by atoms with E-state index in [9.17, 15) is 44.4 Å². The summed E-state index contributed by atoms with van der Waals surface area (Å²) < 4.78 is 119. The molecule has 0 radical (unpaired) electrons. The van der Waals surface area contributed by atoms with Crippen LogP contribution in [0.1, 0.15) is 247 Å². The molecule has 0 amide bonds. The molecule has 0 spiro atoms. The minimum Gasteiger partial charge on any atom is -0.756 e. The Labute approximate surface area is 787 Å². The van der Waals surface area contributed by atoms with E-state index < -0.39 is 101 Å². The summed E-state index contributed by atoms with van der Waals surface area (Å²) in [6, 6.07) is 50.3. The lowest BCUT2D eigenvalue weighted by molar-refractivity contribution is -0.870. The van der Waals surface area contributed by atoms with Crippen molar-refractivity contribution in [1.82, 2.24) is 0 Å². The topological polar surface area (TPSA) is 320 Å². The number of phosphoric acid groups is 2. The lowest BCUT2D eigenvalue weighted by Crippen LogP contribution is -2.67. The Morgan fingerprint density at radius 1 is 0.267 bits per heavy atom. The van der Waals surface area contributed by atoms with Gasteiger partial charge in [-0.1, -0.05) is 358 Å². The summed E-state index contributed by atoms with van der Waals surface area (Å²) in [5, 5.41) is 49.8. The Morgan fingerprint density at radius 2 is 0.489 bits per heavy atom. The van der Waals surface area contributed by atoms with Gasteiger partial charge in [-0.15, -0.1) is 0 Å². The summed E-state index contributed by atoms with van der Waals surface area (Å²) in [4.78, 5) is 25.4. The summed E-state index contributed by atoms with van der Waals surface area (Å²) in [6.07, 6.45) is 25.3. The van der Waals surface area contributed by atoms with Gasteiger partial charge in [0.1, 0.15) is 112 Å². The molecular formula is C103H170N2O24P2. The number of aliphatic hydroxyl groups excluding tert-OH is 5. The molecule has 0 bridgehead atoms. The number of quaternary nitrogens is 2. The monoisotopic (exact) mass is 1880 g/mol. The Balaban J connectivity index is 0.000000469. The minimum atomic E-state index is -4.66. The molecule has 2 aliphatic carbocycles. The number of likely N-dealkylation sites (N-methyl/N-ethyl adjacent to an activating group) is 2. The third-order valence-corrected chi connectivity index (χ3v) is 25.6. The second-order valence-electron chi connectivity index (χ2n) is 37.4. The number of unbranched alkanes of at least 4 members (excludes halogenated alkanes) is 30. The lowest BCUT2D eigenvalue weighted by Gasteiger charge is -2.49. The molecule has 5 aromatic carbocycles. The van der Waals surface area contributed by atoms with Gasteiger partial charge in [0.2, 0.25) is 0 Å². The van der Waals surface area contributed by atoms with Gasteiger partial charge in [-0.05, 0) is 40.7 Å². The van der Waals surface area contributed by atoms with Crippen LogP contribution in [-0.4, -0.2) is 255 Å². The quantitative estimate of drug-likeness (QED) is 0.0137. The molecule has 7 rings (SSSR count). The molecule has 2 saturated carbocycles. The molecule has 5 N–H and O–H groups in total. The first-order valence-electron chi connectivity index (χ1n) is 49.5. The first-order chi connectivity index (χ1) is 63.4. The number of ether oxygens (including phenoxy) is 11. The van der Waals surface area contributed by atoms with Crippen LogP contribution >= 0.6 is 15.6 Å². The van der Waals surface area contributed by atoms with Gasteiger partial charge in [0.05, 0.1) is 128 Å². The van der Waals surface area contributed by atoms with Crippen LogP contribution in [0.4, 0.5) is 0 Å². The number of benzene rings is 5. The van der Waals surface area contributed by atoms with Crippen molar-refractivity contribution in [1.29, 1.82) is 0 Å². The van der Waals surface area contributed by atoms with Crippen LogP contribution in [0.2, 0.25) is 0 Å². The highest BCUT2D eigenvalue weighted by atomic mass is 31.2. The first kappa shape index (κ1) is 115. The van der Waals surface area contributed by atoms with Crippen molar-refractivity contribution in [2.24, 2.45) is 0 Å². The zero-order chi connectivity index (χ0) is 94.3. The van der Waals surface area contributed by atoms with E-state index in [1.54, 1.807) is 0 Å². The standard InChI is InChI=1S/C69H100NO12P.C34H70NO12P/c1-5-6-7-8-9-10-11-12-13-14-15-16-17-18-19-35-47-73-56-63(57-82-83(71,72)81-48-46-70(2,3)4)74-49-50-75-64-65(76-51-58-36-25-20-26-37-58)67(78-53-60-40-29-22-30-41-60)69(80-55-62-44-33-24-34-45-62)68(79-54-61-42-31-23-32-43-61)66(64)77-52-59-38-27-21-28-39-59;1-5-6-7-8-9-10-11-12-13-14-15-16-17-18-19-20-22-43-26-28(27-47-48(41,42)46-23-21-35(2,3)4)44-24-25-45-34-32(39)30(37)29(36)31(38)33(34)40/h20-34,36-45,63-69H,5-19,35,46-57H2,1-4H3;28-34,36-40H,5-27H2,1-4H3/t63-,64?,65-,66-,67-,68+,69?;28-,29?,30-,31+,32+,33+,34?/m11/s1. The number of nitrogens with zero attached hydrogens (tertiary/aromatic N) is 2. The minimum absolute atomic E-state index is 0.00787. The van der Waals surface area contributed by atoms with Crippen molar-refractivity contribution in [3.8, 4) is 0 Å². The molecule has 0 heterocycles. The van der Waals surface area contributed by atoms with Crippen molar-refractivity contribution in [3.05, 3.63) is 179 Å². The SMILES string of the molecule is CCCCCCCCCCCCCCCCCCOC[C@H](COP(=O)([O-])OCC[N+](C)(C)C)OCCOC1[C@@H](O)[C@H](O)C(O)[C@H](O)[C@@H]1O.CCCCCCCCCCCCCCCCCCOC[C@H](COP(=O)([O-])OCC[N+](C)(C)C)OCCOC1[C@@H](OCc2ccccc2)[C@H](OCc2ccccc2)C(OCc2ccccc2)[C@H](OCc2ccccc2)[C@@H]1OCc1ccccc1. The molecule has 6 unspecified atom stereocenters. The fraction of sp³-hybridized carbons (Fsp3) is 0.709. The Hall–Kier alpha value is -4.40. The number of hydrogen-bond acceptors (Lipinski definition) is 24. The molecule has 0 aliphatic heterocycles. The van der Waals surface area contributed by atoms with Gasteiger partial charge >= 0.3 is 0 Å². The average Bonchev–Trinajstić information content (AvgIpc) is 0.759. The normalized spacial score (nSPS) is 21.5. The van der Waals surface area contributed by atoms with Crippen LogP contribution in [0.5, 0.6) is 0 Å². The molecule has 28 heteroatoms. The second-order valence-corrected chi connectivity index (χ2v) is 40.2. The van der Waals surface area contributed by atoms with Gasteiger partial charge in [0, 0.05) is 13.2 Å². The van der Waals surface area contributed by atoms with E-state index in [-0.39, 0.29) is 99.1 Å². The van der Waals surface area contributed by atoms with Gasteiger partial charge in [0.15, 0.2) is 0 Å². The van der Waals surface area contributed by atoms with E-state index in [1.165, 1.54) is 167 Å². The number of aliphatic hydroxyl groups is 5. The van der Waals surface area contributed by atoms with E-state index >= 15 is 0 Å². The maximum atomic E-state index is 13.1. The Bertz CT molecular complexity index is 3510. The fourth-order valence-corrected chi connectivity index (χ4v) is 17.2. The van der Waals surface area contributed by atoms with Gasteiger partial charge in [-0.3, -0.25) is 9.13 Å². The summed E-state index contributed by atoms with van der Waals surface area (Å²) in [6.45, 7) is 7.20. The van der Waals surface area contributed by atoms with Crippen LogP contribution in [0.25, 0.3) is 0 Å². The summed E-state index contributed by atoms with van der Waals surface area (Å²) >= 11 is 0. The van der Waals surface area contributed by atoms with Crippen molar-refractivity contribution < 1.29 is 124 Å². The predicted molar refractivity (Wildman–Crippen MR) is 510 cm³/mol. The fourth-order valence-electron chi connectivity index (χ4n) is 15.8. The van der Waals surface area contributed by atoms with Crippen molar-refractivity contribution >= 4 is 15.6 Å². The third-order valence-electron chi connectivity index (χ3n) is 23.7. The van der Waals surface area contributed by atoms with Crippen molar-refractivity contribution in [3.63, 3.8) is 0 Å². The molecule has 2 fully saturated rings. The number of rotatable bonds is 77. The summed E-state index contributed by atoms with van der Waals surface area (Å²) in [5.74, 6) is 0. The van der Waals surface area contributed by atoms with Crippen LogP contribution in [-0.2, 0) is 112 Å². The smallest absolute Gasteiger partial charge is 0.268 e. The molecule has 0 saturated heterocycles. The molecule has 131 heavy (non-hydrogen) atoms. The highest BCUT2D eigenvalue weighted by Crippen LogP contribution is 2.41. The van der Waals surface area contributed by atoms with E-state index in [1.807, 2.05) is 194 Å². The van der Waals surface area contributed by atoms with Gasteiger partial charge in [-0.2, -0.15) is 0 Å². The summed E-state index contributed by atoms with van der Waals surface area (Å²) in [5.41, 5.74) is 4.91. The van der Waals surface area contributed by atoms with Crippen LogP contribution in [0, 0.1) is 0 Å². The molecule has 26 nitrogen and oxygen atoms in total. The summed E-state index contributed by atoms with van der Waals surface area (Å²) in [7, 11) is 2.42. The zero-order valence-electron chi connectivity index (χ0n) is 80.9. The van der Waals surface area contributed by atoms with E-state index in [2.05, 4.69) is 13.8 Å². The van der Waals surface area contributed by atoms with Gasteiger partial charge in [0.25, 0.3) is 15.6 Å². The second kappa shape index (κ2) is 69.4. The molecular weight excluding hydrogens is 1710 g/mol. The van der Waals surface area contributed by atoms with Crippen LogP contribution in [0.15, 0.2) is 152 Å². The highest BCUT2D eigenvalue weighted by molar-refractivity contribution is 7.46. The maximum absolute atomic E-state index is 13.1. The van der Waals surface area contributed by atoms with E-state index in [0.717, 1.165) is 66.3 Å².